The Labute approximate surface area is 91.2 Å². The van der Waals surface area contributed by atoms with E-state index in [1.807, 2.05) is 6.07 Å². The van der Waals surface area contributed by atoms with Gasteiger partial charge in [-0.15, -0.1) is 0 Å². The molecule has 0 aliphatic rings. The van der Waals surface area contributed by atoms with Crippen molar-refractivity contribution in [3.05, 3.63) is 28.5 Å². The van der Waals surface area contributed by atoms with Crippen molar-refractivity contribution in [2.75, 3.05) is 19.8 Å². The highest BCUT2D eigenvalue weighted by Crippen LogP contribution is 2.18. The number of ether oxygens (including phenoxy) is 1. The fourth-order valence-corrected chi connectivity index (χ4v) is 1.48. The van der Waals surface area contributed by atoms with Crippen molar-refractivity contribution in [2.45, 2.75) is 6.10 Å². The van der Waals surface area contributed by atoms with Crippen LogP contribution in [0.25, 0.3) is 0 Å². The Morgan fingerprint density at radius 1 is 1.57 bits per heavy atom. The molecule has 1 aromatic rings. The van der Waals surface area contributed by atoms with Crippen molar-refractivity contribution in [2.24, 2.45) is 5.73 Å². The molecule has 0 aliphatic heterocycles. The zero-order valence-electron chi connectivity index (χ0n) is 7.69. The van der Waals surface area contributed by atoms with E-state index in [1.54, 1.807) is 12.4 Å². The molecular formula is C9H13BrN2O2. The van der Waals surface area contributed by atoms with Gasteiger partial charge in [-0.25, -0.2) is 0 Å². The second kappa shape index (κ2) is 6.08. The van der Waals surface area contributed by atoms with Crippen LogP contribution in [0.1, 0.15) is 11.7 Å². The van der Waals surface area contributed by atoms with Crippen LogP contribution in [0.3, 0.4) is 0 Å². The summed E-state index contributed by atoms with van der Waals surface area (Å²) in [4.78, 5) is 4.02. The first-order valence-electron chi connectivity index (χ1n) is 4.31. The number of nitrogens with zero attached hydrogens (tertiary/aromatic N) is 1. The van der Waals surface area contributed by atoms with E-state index in [0.29, 0.717) is 6.54 Å². The topological polar surface area (TPSA) is 68.4 Å². The molecule has 0 radical (unpaired) electrons. The summed E-state index contributed by atoms with van der Waals surface area (Å²) >= 11 is 3.32. The maximum Gasteiger partial charge on any atom is 0.0963 e. The highest BCUT2D eigenvalue weighted by Gasteiger charge is 2.10. The molecule has 0 aromatic carbocycles. The summed E-state index contributed by atoms with van der Waals surface area (Å²) in [5, 5.41) is 8.62. The molecule has 1 rings (SSSR count). The number of halogens is 1. The summed E-state index contributed by atoms with van der Waals surface area (Å²) in [7, 11) is 0. The van der Waals surface area contributed by atoms with Crippen molar-refractivity contribution in [1.29, 1.82) is 0 Å². The third-order valence-corrected chi connectivity index (χ3v) is 2.16. The molecule has 0 fully saturated rings. The van der Waals surface area contributed by atoms with E-state index in [1.165, 1.54) is 0 Å². The number of aliphatic hydroxyl groups is 1. The molecule has 1 atom stereocenters. The van der Waals surface area contributed by atoms with Gasteiger partial charge in [0.05, 0.1) is 19.3 Å². The largest absolute Gasteiger partial charge is 0.394 e. The van der Waals surface area contributed by atoms with Crippen LogP contribution in [-0.4, -0.2) is 29.8 Å². The van der Waals surface area contributed by atoms with E-state index in [0.717, 1.165) is 10.0 Å². The van der Waals surface area contributed by atoms with Crippen LogP contribution in [-0.2, 0) is 4.74 Å². The summed E-state index contributed by atoms with van der Waals surface area (Å²) in [6.45, 7) is 0.657. The van der Waals surface area contributed by atoms with E-state index >= 15 is 0 Å². The highest BCUT2D eigenvalue weighted by molar-refractivity contribution is 9.10. The zero-order chi connectivity index (χ0) is 10.4. The average molecular weight is 261 g/mol. The number of pyridine rings is 1. The van der Waals surface area contributed by atoms with Gasteiger partial charge in [-0.2, -0.15) is 0 Å². The minimum Gasteiger partial charge on any atom is -0.394 e. The lowest BCUT2D eigenvalue weighted by molar-refractivity contribution is 0.0327. The van der Waals surface area contributed by atoms with Crippen molar-refractivity contribution in [3.8, 4) is 0 Å². The van der Waals surface area contributed by atoms with Gasteiger partial charge in [-0.05, 0) is 22.0 Å². The van der Waals surface area contributed by atoms with Crippen LogP contribution < -0.4 is 5.73 Å². The molecule has 0 saturated carbocycles. The number of hydrogen-bond acceptors (Lipinski definition) is 4. The van der Waals surface area contributed by atoms with Crippen LogP contribution in [0.2, 0.25) is 0 Å². The monoisotopic (exact) mass is 260 g/mol. The molecule has 1 unspecified atom stereocenters. The second-order valence-electron chi connectivity index (χ2n) is 2.76. The maximum absolute atomic E-state index is 8.62. The third-order valence-electron chi connectivity index (χ3n) is 1.72. The van der Waals surface area contributed by atoms with E-state index in [-0.39, 0.29) is 19.3 Å². The summed E-state index contributed by atoms with van der Waals surface area (Å²) in [5.41, 5.74) is 6.46. The second-order valence-corrected chi connectivity index (χ2v) is 3.67. The first kappa shape index (κ1) is 11.6. The molecule has 3 N–H and O–H groups in total. The predicted molar refractivity (Wildman–Crippen MR) is 56.8 cm³/mol. The van der Waals surface area contributed by atoms with Crippen molar-refractivity contribution >= 4 is 15.9 Å². The quantitative estimate of drug-likeness (QED) is 0.824. The van der Waals surface area contributed by atoms with Gasteiger partial charge in [0.25, 0.3) is 0 Å². The first-order chi connectivity index (χ1) is 6.77. The molecule has 14 heavy (non-hydrogen) atoms. The van der Waals surface area contributed by atoms with Crippen LogP contribution in [0, 0.1) is 0 Å². The average Bonchev–Trinajstić information content (AvgIpc) is 2.19. The normalized spacial score (nSPS) is 12.8. The summed E-state index contributed by atoms with van der Waals surface area (Å²) in [6.07, 6.45) is 3.20. The summed E-state index contributed by atoms with van der Waals surface area (Å²) in [5.74, 6) is 0. The van der Waals surface area contributed by atoms with Gasteiger partial charge in [-0.1, -0.05) is 0 Å². The molecule has 5 heteroatoms. The van der Waals surface area contributed by atoms with Crippen LogP contribution in [0.4, 0.5) is 0 Å². The fourth-order valence-electron chi connectivity index (χ4n) is 1.10. The van der Waals surface area contributed by atoms with E-state index in [2.05, 4.69) is 20.9 Å². The van der Waals surface area contributed by atoms with Crippen molar-refractivity contribution in [3.63, 3.8) is 0 Å². The molecule has 0 spiro atoms. The molecule has 1 heterocycles. The lowest BCUT2D eigenvalue weighted by Gasteiger charge is -2.15. The number of hydrogen-bond donors (Lipinski definition) is 2. The van der Waals surface area contributed by atoms with Gasteiger partial charge in [0.1, 0.15) is 0 Å². The van der Waals surface area contributed by atoms with E-state index < -0.39 is 0 Å². The van der Waals surface area contributed by atoms with Gasteiger partial charge in [0.15, 0.2) is 0 Å². The van der Waals surface area contributed by atoms with Gasteiger partial charge in [-0.3, -0.25) is 4.98 Å². The molecule has 0 amide bonds. The molecule has 78 valence electrons. The third kappa shape index (κ3) is 3.34. The number of rotatable bonds is 5. The lowest BCUT2D eigenvalue weighted by Crippen LogP contribution is -2.17. The Balaban J connectivity index is 2.68. The molecule has 1 aromatic heterocycles. The molecular weight excluding hydrogens is 248 g/mol. The maximum atomic E-state index is 8.62. The van der Waals surface area contributed by atoms with Crippen LogP contribution in [0.5, 0.6) is 0 Å². The number of aromatic nitrogens is 1. The fraction of sp³-hybridized carbons (Fsp3) is 0.444. The molecule has 0 aliphatic carbocycles. The van der Waals surface area contributed by atoms with Gasteiger partial charge in [0.2, 0.25) is 0 Å². The van der Waals surface area contributed by atoms with Crippen molar-refractivity contribution in [1.82, 2.24) is 4.98 Å². The minimum atomic E-state index is -0.202. The summed E-state index contributed by atoms with van der Waals surface area (Å²) in [6, 6.07) is 1.90. The SMILES string of the molecule is NCC(OCCO)c1cncc(Br)c1. The Morgan fingerprint density at radius 3 is 2.93 bits per heavy atom. The Bertz CT molecular complexity index is 283. The smallest absolute Gasteiger partial charge is 0.0963 e. The van der Waals surface area contributed by atoms with Crippen LogP contribution in [0.15, 0.2) is 22.9 Å². The minimum absolute atomic E-state index is 0.00205. The van der Waals surface area contributed by atoms with Crippen LogP contribution >= 0.6 is 15.9 Å². The number of aliphatic hydroxyl groups excluding tert-OH is 1. The number of nitrogens with two attached hydrogens (primary N) is 1. The molecule has 0 bridgehead atoms. The van der Waals surface area contributed by atoms with E-state index in [9.17, 15) is 0 Å². The van der Waals surface area contributed by atoms with Gasteiger partial charge in [0, 0.05) is 29.0 Å². The first-order valence-corrected chi connectivity index (χ1v) is 5.10. The molecule has 0 saturated heterocycles. The van der Waals surface area contributed by atoms with Gasteiger partial charge < -0.3 is 15.6 Å². The van der Waals surface area contributed by atoms with E-state index in [4.69, 9.17) is 15.6 Å². The Morgan fingerprint density at radius 2 is 2.36 bits per heavy atom. The Kier molecular flexibility index (Phi) is 5.03. The zero-order valence-corrected chi connectivity index (χ0v) is 9.27. The van der Waals surface area contributed by atoms with Crippen molar-refractivity contribution < 1.29 is 9.84 Å². The molecule has 4 nitrogen and oxygen atoms in total. The predicted octanol–water partition coefficient (Wildman–Crippen LogP) is 0.853. The van der Waals surface area contributed by atoms with Gasteiger partial charge >= 0.3 is 0 Å². The summed E-state index contributed by atoms with van der Waals surface area (Å²) < 4.78 is 6.24. The Hall–Kier alpha value is -0.490. The highest BCUT2D eigenvalue weighted by atomic mass is 79.9. The standard InChI is InChI=1S/C9H13BrN2O2/c10-8-3-7(5-12-6-8)9(4-11)14-2-1-13/h3,5-6,9,13H,1-2,4,11H2. The lowest BCUT2D eigenvalue weighted by atomic mass is 10.1.